The molecule has 0 N–H and O–H groups in total. The van der Waals surface area contributed by atoms with Crippen LogP contribution in [0, 0.1) is 11.3 Å². The summed E-state index contributed by atoms with van der Waals surface area (Å²) < 4.78 is 0. The fourth-order valence-corrected chi connectivity index (χ4v) is 1.23. The highest BCUT2D eigenvalue weighted by molar-refractivity contribution is 4.83. The van der Waals surface area contributed by atoms with Gasteiger partial charge in [-0.3, -0.25) is 0 Å². The van der Waals surface area contributed by atoms with Crippen molar-refractivity contribution in [2.75, 3.05) is 0 Å². The van der Waals surface area contributed by atoms with Crippen LogP contribution in [0.1, 0.15) is 40.4 Å². The number of rotatable bonds is 3. The Hall–Kier alpha value is -0.930. The molecule has 1 heterocycles. The zero-order valence-corrected chi connectivity index (χ0v) is 9.78. The maximum absolute atomic E-state index is 4.33. The lowest BCUT2D eigenvalue weighted by Gasteiger charge is -2.14. The maximum Gasteiger partial charge on any atom is 0.175 e. The molecule has 0 fully saturated rings. The standard InChI is InChI=1S/C10H20N4/c1-8(2)7-14-12-9(11-13-14)6-10(3,4)5/h8H,6-7H2,1-5H3. The van der Waals surface area contributed by atoms with Gasteiger partial charge in [0.05, 0.1) is 6.54 Å². The van der Waals surface area contributed by atoms with Gasteiger partial charge >= 0.3 is 0 Å². The third-order valence-corrected chi connectivity index (χ3v) is 1.71. The van der Waals surface area contributed by atoms with Gasteiger partial charge in [-0.2, -0.15) is 4.80 Å². The van der Waals surface area contributed by atoms with Gasteiger partial charge in [0.1, 0.15) is 0 Å². The topological polar surface area (TPSA) is 43.6 Å². The van der Waals surface area contributed by atoms with Gasteiger partial charge in [0.25, 0.3) is 0 Å². The number of hydrogen-bond acceptors (Lipinski definition) is 3. The molecule has 0 bridgehead atoms. The van der Waals surface area contributed by atoms with Crippen LogP contribution in [-0.4, -0.2) is 20.2 Å². The zero-order chi connectivity index (χ0) is 10.8. The second-order valence-corrected chi connectivity index (χ2v) is 5.39. The Morgan fingerprint density at radius 2 is 1.93 bits per heavy atom. The first-order valence-corrected chi connectivity index (χ1v) is 5.13. The van der Waals surface area contributed by atoms with Crippen LogP contribution >= 0.6 is 0 Å². The van der Waals surface area contributed by atoms with E-state index in [1.807, 2.05) is 0 Å². The van der Waals surface area contributed by atoms with Crippen LogP contribution in [-0.2, 0) is 13.0 Å². The van der Waals surface area contributed by atoms with Crippen molar-refractivity contribution >= 4 is 0 Å². The average Bonchev–Trinajstić information content (AvgIpc) is 2.30. The summed E-state index contributed by atoms with van der Waals surface area (Å²) in [6.07, 6.45) is 0.880. The van der Waals surface area contributed by atoms with Gasteiger partial charge in [0.2, 0.25) is 0 Å². The fourth-order valence-electron chi connectivity index (χ4n) is 1.23. The van der Waals surface area contributed by atoms with E-state index < -0.39 is 0 Å². The average molecular weight is 196 g/mol. The normalized spacial score (nSPS) is 12.4. The monoisotopic (exact) mass is 196 g/mol. The molecule has 4 nitrogen and oxygen atoms in total. The lowest BCUT2D eigenvalue weighted by Crippen LogP contribution is -2.12. The van der Waals surface area contributed by atoms with E-state index in [9.17, 15) is 0 Å². The van der Waals surface area contributed by atoms with Gasteiger partial charge in [-0.25, -0.2) is 0 Å². The number of aromatic nitrogens is 4. The predicted octanol–water partition coefficient (Wildman–Crippen LogP) is 1.92. The molecule has 1 aromatic heterocycles. The lowest BCUT2D eigenvalue weighted by atomic mass is 9.92. The van der Waals surface area contributed by atoms with Gasteiger partial charge in [-0.05, 0) is 16.5 Å². The Kier molecular flexibility index (Phi) is 3.24. The number of tetrazole rings is 1. The smallest absolute Gasteiger partial charge is 0.164 e. The van der Waals surface area contributed by atoms with Crippen LogP contribution in [0.4, 0.5) is 0 Å². The first kappa shape index (κ1) is 11.1. The van der Waals surface area contributed by atoms with Crippen molar-refractivity contribution in [2.24, 2.45) is 11.3 Å². The van der Waals surface area contributed by atoms with Crippen LogP contribution in [0.2, 0.25) is 0 Å². The molecular weight excluding hydrogens is 176 g/mol. The fraction of sp³-hybridized carbons (Fsp3) is 0.900. The van der Waals surface area contributed by atoms with E-state index in [1.165, 1.54) is 0 Å². The van der Waals surface area contributed by atoms with Crippen LogP contribution in [0.15, 0.2) is 0 Å². The SMILES string of the molecule is CC(C)Cn1nnc(CC(C)(C)C)n1. The van der Waals surface area contributed by atoms with Crippen molar-refractivity contribution in [3.8, 4) is 0 Å². The van der Waals surface area contributed by atoms with Gasteiger partial charge in [-0.15, -0.1) is 10.2 Å². The molecule has 0 saturated carbocycles. The summed E-state index contributed by atoms with van der Waals surface area (Å²) in [5.41, 5.74) is 0.228. The molecule has 0 spiro atoms. The molecule has 0 aliphatic heterocycles. The van der Waals surface area contributed by atoms with E-state index in [0.717, 1.165) is 18.8 Å². The van der Waals surface area contributed by atoms with Crippen LogP contribution < -0.4 is 0 Å². The third-order valence-electron chi connectivity index (χ3n) is 1.71. The number of hydrogen-bond donors (Lipinski definition) is 0. The molecule has 0 amide bonds. The predicted molar refractivity (Wildman–Crippen MR) is 55.8 cm³/mol. The van der Waals surface area contributed by atoms with Gasteiger partial charge in [0.15, 0.2) is 5.82 Å². The molecule has 1 aromatic rings. The number of nitrogens with zero attached hydrogens (tertiary/aromatic N) is 4. The van der Waals surface area contributed by atoms with E-state index in [4.69, 9.17) is 0 Å². The Morgan fingerprint density at radius 3 is 2.43 bits per heavy atom. The first-order chi connectivity index (χ1) is 6.37. The highest BCUT2D eigenvalue weighted by Gasteiger charge is 2.15. The van der Waals surface area contributed by atoms with E-state index in [-0.39, 0.29) is 5.41 Å². The quantitative estimate of drug-likeness (QED) is 0.741. The molecular formula is C10H20N4. The lowest BCUT2D eigenvalue weighted by molar-refractivity contribution is 0.394. The molecule has 0 atom stereocenters. The molecule has 1 rings (SSSR count). The van der Waals surface area contributed by atoms with E-state index in [0.29, 0.717) is 5.92 Å². The molecule has 0 radical (unpaired) electrons. The molecule has 0 aromatic carbocycles. The first-order valence-electron chi connectivity index (χ1n) is 5.13. The van der Waals surface area contributed by atoms with Crippen molar-refractivity contribution in [1.82, 2.24) is 20.2 Å². The second-order valence-electron chi connectivity index (χ2n) is 5.39. The summed E-state index contributed by atoms with van der Waals surface area (Å²) in [5, 5.41) is 12.4. The maximum atomic E-state index is 4.33. The minimum atomic E-state index is 0.228. The van der Waals surface area contributed by atoms with Crippen molar-refractivity contribution in [2.45, 2.75) is 47.6 Å². The molecule has 0 aliphatic rings. The highest BCUT2D eigenvalue weighted by Crippen LogP contribution is 2.17. The molecule has 80 valence electrons. The zero-order valence-electron chi connectivity index (χ0n) is 9.78. The van der Waals surface area contributed by atoms with E-state index in [1.54, 1.807) is 4.80 Å². The van der Waals surface area contributed by atoms with Gasteiger partial charge < -0.3 is 0 Å². The molecule has 14 heavy (non-hydrogen) atoms. The second kappa shape index (κ2) is 4.07. The van der Waals surface area contributed by atoms with E-state index in [2.05, 4.69) is 50.0 Å². The van der Waals surface area contributed by atoms with Crippen molar-refractivity contribution in [3.63, 3.8) is 0 Å². The highest BCUT2D eigenvalue weighted by atomic mass is 15.6. The van der Waals surface area contributed by atoms with Crippen LogP contribution in [0.5, 0.6) is 0 Å². The van der Waals surface area contributed by atoms with Gasteiger partial charge in [0, 0.05) is 6.42 Å². The van der Waals surface area contributed by atoms with Crippen molar-refractivity contribution in [3.05, 3.63) is 5.82 Å². The summed E-state index contributed by atoms with van der Waals surface area (Å²) in [5.74, 6) is 1.41. The summed E-state index contributed by atoms with van der Waals surface area (Å²) in [6.45, 7) is 11.7. The summed E-state index contributed by atoms with van der Waals surface area (Å²) in [7, 11) is 0. The Labute approximate surface area is 85.7 Å². The molecule has 0 aliphatic carbocycles. The summed E-state index contributed by atoms with van der Waals surface area (Å²) in [4.78, 5) is 1.69. The van der Waals surface area contributed by atoms with Crippen LogP contribution in [0.3, 0.4) is 0 Å². The van der Waals surface area contributed by atoms with Crippen molar-refractivity contribution in [1.29, 1.82) is 0 Å². The van der Waals surface area contributed by atoms with Gasteiger partial charge in [-0.1, -0.05) is 34.6 Å². The Balaban J connectivity index is 2.60. The molecule has 0 unspecified atom stereocenters. The van der Waals surface area contributed by atoms with Crippen molar-refractivity contribution < 1.29 is 0 Å². The Morgan fingerprint density at radius 1 is 1.29 bits per heavy atom. The summed E-state index contributed by atoms with van der Waals surface area (Å²) >= 11 is 0. The van der Waals surface area contributed by atoms with Crippen LogP contribution in [0.25, 0.3) is 0 Å². The minimum absolute atomic E-state index is 0.228. The Bertz CT molecular complexity index is 283. The summed E-state index contributed by atoms with van der Waals surface area (Å²) in [6, 6.07) is 0. The largest absolute Gasteiger partial charge is 0.175 e. The third kappa shape index (κ3) is 3.85. The van der Waals surface area contributed by atoms with E-state index >= 15 is 0 Å². The molecule has 0 saturated heterocycles. The molecule has 4 heteroatoms. The minimum Gasteiger partial charge on any atom is -0.164 e.